The Bertz CT molecular complexity index is 857. The minimum Gasteiger partial charge on any atom is -0.497 e. The SMILES string of the molecule is COc1ccc(N2C(=O)SC(CC(=O)N(CCO)c3ccccc3)C2=O)cc1. The van der Waals surface area contributed by atoms with E-state index in [0.29, 0.717) is 17.1 Å². The van der Waals surface area contributed by atoms with Gasteiger partial charge in [0, 0.05) is 18.7 Å². The lowest BCUT2D eigenvalue weighted by Gasteiger charge is -2.23. The molecule has 3 rings (SSSR count). The Balaban J connectivity index is 1.74. The standard InChI is InChI=1S/C20H20N2O5S/c1-27-16-9-7-15(8-10-16)22-19(25)17(28-20(22)26)13-18(24)21(11-12-23)14-5-3-2-4-6-14/h2-10,17,23H,11-13H2,1H3. The molecule has 1 aliphatic rings. The molecule has 1 atom stereocenters. The molecule has 7 nitrogen and oxygen atoms in total. The first-order valence-corrected chi connectivity index (χ1v) is 9.58. The molecule has 2 aromatic carbocycles. The van der Waals surface area contributed by atoms with E-state index in [1.807, 2.05) is 6.07 Å². The Labute approximate surface area is 166 Å². The number of hydrogen-bond acceptors (Lipinski definition) is 6. The summed E-state index contributed by atoms with van der Waals surface area (Å²) in [6.07, 6.45) is -0.128. The van der Waals surface area contributed by atoms with Crippen molar-refractivity contribution in [3.63, 3.8) is 0 Å². The van der Waals surface area contributed by atoms with Gasteiger partial charge in [0.1, 0.15) is 11.0 Å². The highest BCUT2D eigenvalue weighted by Crippen LogP contribution is 2.34. The van der Waals surface area contributed by atoms with Crippen LogP contribution in [0.4, 0.5) is 16.2 Å². The predicted molar refractivity (Wildman–Crippen MR) is 108 cm³/mol. The average molecular weight is 400 g/mol. The molecule has 0 aliphatic carbocycles. The van der Waals surface area contributed by atoms with Gasteiger partial charge in [0.2, 0.25) is 11.8 Å². The maximum Gasteiger partial charge on any atom is 0.293 e. The lowest BCUT2D eigenvalue weighted by atomic mass is 10.2. The third kappa shape index (κ3) is 4.18. The fraction of sp³-hybridized carbons (Fsp3) is 0.250. The van der Waals surface area contributed by atoms with Crippen molar-refractivity contribution < 1.29 is 24.2 Å². The second-order valence-electron chi connectivity index (χ2n) is 6.05. The van der Waals surface area contributed by atoms with Crippen molar-refractivity contribution in [2.24, 2.45) is 0 Å². The number of carbonyl (C=O) groups excluding carboxylic acids is 3. The number of thioether (sulfide) groups is 1. The number of nitrogens with zero attached hydrogens (tertiary/aromatic N) is 2. The largest absolute Gasteiger partial charge is 0.497 e. The van der Waals surface area contributed by atoms with Gasteiger partial charge in [-0.15, -0.1) is 0 Å². The normalized spacial score (nSPS) is 16.4. The van der Waals surface area contributed by atoms with Gasteiger partial charge >= 0.3 is 0 Å². The van der Waals surface area contributed by atoms with Gasteiger partial charge in [-0.2, -0.15) is 0 Å². The number of carbonyl (C=O) groups is 3. The van der Waals surface area contributed by atoms with Crippen molar-refractivity contribution in [2.45, 2.75) is 11.7 Å². The molecule has 0 saturated carbocycles. The Morgan fingerprint density at radius 2 is 1.82 bits per heavy atom. The van der Waals surface area contributed by atoms with E-state index in [1.54, 1.807) is 48.5 Å². The lowest BCUT2D eigenvalue weighted by molar-refractivity contribution is -0.122. The van der Waals surface area contributed by atoms with Crippen LogP contribution in [-0.2, 0) is 9.59 Å². The van der Waals surface area contributed by atoms with Crippen molar-refractivity contribution >= 4 is 40.2 Å². The van der Waals surface area contributed by atoms with Crippen LogP contribution in [0.1, 0.15) is 6.42 Å². The van der Waals surface area contributed by atoms with Gasteiger partial charge in [0.15, 0.2) is 0 Å². The van der Waals surface area contributed by atoms with E-state index >= 15 is 0 Å². The van der Waals surface area contributed by atoms with E-state index in [2.05, 4.69) is 0 Å². The molecule has 28 heavy (non-hydrogen) atoms. The molecular weight excluding hydrogens is 380 g/mol. The maximum absolute atomic E-state index is 12.8. The summed E-state index contributed by atoms with van der Waals surface area (Å²) in [5, 5.41) is 8.08. The van der Waals surface area contributed by atoms with E-state index in [1.165, 1.54) is 12.0 Å². The number of amides is 3. The van der Waals surface area contributed by atoms with Gasteiger partial charge in [-0.1, -0.05) is 18.2 Å². The van der Waals surface area contributed by atoms with Gasteiger partial charge in [-0.05, 0) is 48.2 Å². The number of aliphatic hydroxyl groups is 1. The highest BCUT2D eigenvalue weighted by Gasteiger charge is 2.42. The fourth-order valence-corrected chi connectivity index (χ4v) is 3.90. The zero-order chi connectivity index (χ0) is 20.1. The van der Waals surface area contributed by atoms with Crippen molar-refractivity contribution in [1.82, 2.24) is 0 Å². The number of benzene rings is 2. The number of methoxy groups -OCH3 is 1. The van der Waals surface area contributed by atoms with Gasteiger partial charge in [0.25, 0.3) is 5.24 Å². The number of aliphatic hydroxyl groups excluding tert-OH is 1. The van der Waals surface area contributed by atoms with E-state index in [4.69, 9.17) is 4.74 Å². The van der Waals surface area contributed by atoms with Crippen molar-refractivity contribution in [3.05, 3.63) is 54.6 Å². The van der Waals surface area contributed by atoms with Gasteiger partial charge in [-0.25, -0.2) is 4.90 Å². The fourth-order valence-electron chi connectivity index (χ4n) is 2.93. The molecule has 1 fully saturated rings. The van der Waals surface area contributed by atoms with Crippen molar-refractivity contribution in [3.8, 4) is 5.75 Å². The number of rotatable bonds is 7. The van der Waals surface area contributed by atoms with Crippen LogP contribution in [0.3, 0.4) is 0 Å². The molecule has 0 aromatic heterocycles. The number of hydrogen-bond donors (Lipinski definition) is 1. The Morgan fingerprint density at radius 1 is 1.14 bits per heavy atom. The second-order valence-corrected chi connectivity index (χ2v) is 7.21. The lowest BCUT2D eigenvalue weighted by Crippen LogP contribution is -2.38. The smallest absolute Gasteiger partial charge is 0.293 e. The highest BCUT2D eigenvalue weighted by atomic mass is 32.2. The molecule has 0 bridgehead atoms. The minimum atomic E-state index is -0.799. The predicted octanol–water partition coefficient (Wildman–Crippen LogP) is 2.68. The average Bonchev–Trinajstić information content (AvgIpc) is 2.99. The van der Waals surface area contributed by atoms with Crippen LogP contribution in [0.25, 0.3) is 0 Å². The van der Waals surface area contributed by atoms with Crippen molar-refractivity contribution in [1.29, 1.82) is 0 Å². The maximum atomic E-state index is 12.8. The minimum absolute atomic E-state index is 0.116. The molecule has 0 radical (unpaired) electrons. The summed E-state index contributed by atoms with van der Waals surface area (Å²) < 4.78 is 5.09. The highest BCUT2D eigenvalue weighted by molar-refractivity contribution is 8.15. The number of ether oxygens (including phenoxy) is 1. The van der Waals surface area contributed by atoms with E-state index in [0.717, 1.165) is 16.7 Å². The molecular formula is C20H20N2O5S. The molecule has 0 spiro atoms. The first-order valence-electron chi connectivity index (χ1n) is 8.70. The van der Waals surface area contributed by atoms with Crippen molar-refractivity contribution in [2.75, 3.05) is 30.1 Å². The summed E-state index contributed by atoms with van der Waals surface area (Å²) in [7, 11) is 1.53. The molecule has 3 amide bonds. The Kier molecular flexibility index (Phi) is 6.33. The van der Waals surface area contributed by atoms with E-state index in [-0.39, 0.29) is 25.5 Å². The number of imide groups is 1. The molecule has 1 aliphatic heterocycles. The first-order chi connectivity index (χ1) is 13.5. The van der Waals surface area contributed by atoms with E-state index < -0.39 is 16.4 Å². The first kappa shape index (κ1) is 19.9. The number of anilines is 2. The monoisotopic (exact) mass is 400 g/mol. The molecule has 1 saturated heterocycles. The summed E-state index contributed by atoms with van der Waals surface area (Å²) >= 11 is 0.842. The molecule has 1 unspecified atom stereocenters. The van der Waals surface area contributed by atoms with Crippen LogP contribution in [0.2, 0.25) is 0 Å². The van der Waals surface area contributed by atoms with Gasteiger partial charge in [-0.3, -0.25) is 14.4 Å². The Hall–Kier alpha value is -2.84. The third-order valence-electron chi connectivity index (χ3n) is 4.30. The van der Waals surface area contributed by atoms with Gasteiger partial charge in [0.05, 0.1) is 19.4 Å². The van der Waals surface area contributed by atoms with Crippen LogP contribution in [0.5, 0.6) is 5.75 Å². The topological polar surface area (TPSA) is 87.2 Å². The summed E-state index contributed by atoms with van der Waals surface area (Å²) in [4.78, 5) is 40.4. The third-order valence-corrected chi connectivity index (χ3v) is 5.34. The summed E-state index contributed by atoms with van der Waals surface area (Å²) in [5.41, 5.74) is 1.07. The van der Waals surface area contributed by atoms with Crippen LogP contribution in [0.15, 0.2) is 54.6 Å². The summed E-state index contributed by atoms with van der Waals surface area (Å²) in [5.74, 6) is -0.134. The molecule has 1 heterocycles. The van der Waals surface area contributed by atoms with Crippen LogP contribution in [-0.4, -0.2) is 47.7 Å². The van der Waals surface area contributed by atoms with Crippen LogP contribution in [0, 0.1) is 0 Å². The van der Waals surface area contributed by atoms with Crippen LogP contribution < -0.4 is 14.5 Å². The molecule has 8 heteroatoms. The molecule has 146 valence electrons. The quantitative estimate of drug-likeness (QED) is 0.769. The zero-order valence-corrected chi connectivity index (χ0v) is 16.1. The molecule has 2 aromatic rings. The second kappa shape index (κ2) is 8.90. The van der Waals surface area contributed by atoms with Crippen LogP contribution >= 0.6 is 11.8 Å². The van der Waals surface area contributed by atoms with Gasteiger partial charge < -0.3 is 14.7 Å². The number of para-hydroxylation sites is 1. The molecule has 1 N–H and O–H groups in total. The summed E-state index contributed by atoms with van der Waals surface area (Å²) in [6.45, 7) is -0.0894. The summed E-state index contributed by atoms with van der Waals surface area (Å²) in [6, 6.07) is 15.5. The zero-order valence-electron chi connectivity index (χ0n) is 15.3. The van der Waals surface area contributed by atoms with E-state index in [9.17, 15) is 19.5 Å². The Morgan fingerprint density at radius 3 is 2.43 bits per heavy atom.